The van der Waals surface area contributed by atoms with E-state index < -0.39 is 9.84 Å². The summed E-state index contributed by atoms with van der Waals surface area (Å²) in [5.74, 6) is 0.754. The molecule has 0 radical (unpaired) electrons. The van der Waals surface area contributed by atoms with Gasteiger partial charge in [0.25, 0.3) is 0 Å². The summed E-state index contributed by atoms with van der Waals surface area (Å²) < 4.78 is 23.6. The molecule has 0 saturated carbocycles. The molecule has 0 spiro atoms. The molecule has 0 bridgehead atoms. The minimum absolute atomic E-state index is 0.0566. The standard InChI is InChI=1S/C12H15N5O2S/c1-20(18,19)10-7-15-16-12(10)9-3-2-6-17(9)11-8-13-4-5-14-11/h4-5,7-9H,2-3,6H2,1H3,(H,15,16)/t9-/m0/s1. The van der Waals surface area contributed by atoms with Crippen molar-refractivity contribution in [3.63, 3.8) is 0 Å². The van der Waals surface area contributed by atoms with E-state index in [0.717, 1.165) is 25.2 Å². The van der Waals surface area contributed by atoms with E-state index in [2.05, 4.69) is 25.1 Å². The smallest absolute Gasteiger partial charge is 0.178 e. The third kappa shape index (κ3) is 2.26. The summed E-state index contributed by atoms with van der Waals surface area (Å²) in [4.78, 5) is 10.7. The Morgan fingerprint density at radius 3 is 2.90 bits per heavy atom. The third-order valence-electron chi connectivity index (χ3n) is 3.46. The maximum absolute atomic E-state index is 11.8. The average Bonchev–Trinajstić information content (AvgIpc) is 3.07. The van der Waals surface area contributed by atoms with Gasteiger partial charge in [-0.15, -0.1) is 0 Å². The van der Waals surface area contributed by atoms with E-state index in [1.54, 1.807) is 18.6 Å². The molecule has 1 aliphatic heterocycles. The van der Waals surface area contributed by atoms with E-state index in [1.165, 1.54) is 12.5 Å². The number of nitrogens with zero attached hydrogens (tertiary/aromatic N) is 4. The fourth-order valence-corrected chi connectivity index (χ4v) is 3.43. The van der Waals surface area contributed by atoms with Crippen LogP contribution in [-0.4, -0.2) is 41.4 Å². The summed E-state index contributed by atoms with van der Waals surface area (Å²) in [7, 11) is -3.29. The highest BCUT2D eigenvalue weighted by Gasteiger charge is 2.32. The second-order valence-corrected chi connectivity index (χ2v) is 6.82. The van der Waals surface area contributed by atoms with Crippen LogP contribution in [0.15, 0.2) is 29.7 Å². The number of hydrogen-bond donors (Lipinski definition) is 1. The summed E-state index contributed by atoms with van der Waals surface area (Å²) >= 11 is 0. The Kier molecular flexibility index (Phi) is 3.17. The van der Waals surface area contributed by atoms with Crippen molar-refractivity contribution in [3.8, 4) is 0 Å². The van der Waals surface area contributed by atoms with E-state index >= 15 is 0 Å². The maximum Gasteiger partial charge on any atom is 0.178 e. The van der Waals surface area contributed by atoms with Gasteiger partial charge in [0.2, 0.25) is 0 Å². The van der Waals surface area contributed by atoms with Crippen LogP contribution in [0.4, 0.5) is 5.82 Å². The lowest BCUT2D eigenvalue weighted by Gasteiger charge is -2.24. The first kappa shape index (κ1) is 13.0. The number of aromatic amines is 1. The normalized spacial score (nSPS) is 19.4. The third-order valence-corrected chi connectivity index (χ3v) is 4.59. The molecule has 20 heavy (non-hydrogen) atoms. The summed E-state index contributed by atoms with van der Waals surface area (Å²) in [6.07, 6.45) is 9.35. The van der Waals surface area contributed by atoms with Gasteiger partial charge >= 0.3 is 0 Å². The molecule has 0 unspecified atom stereocenters. The van der Waals surface area contributed by atoms with Crippen LogP contribution in [-0.2, 0) is 9.84 Å². The topological polar surface area (TPSA) is 91.8 Å². The SMILES string of the molecule is CS(=O)(=O)c1cn[nH]c1[C@@H]1CCCN1c1cnccn1. The van der Waals surface area contributed by atoms with Gasteiger partial charge in [-0.05, 0) is 12.8 Å². The van der Waals surface area contributed by atoms with Gasteiger partial charge in [0.1, 0.15) is 10.7 Å². The summed E-state index contributed by atoms with van der Waals surface area (Å²) in [5, 5.41) is 6.73. The van der Waals surface area contributed by atoms with Crippen molar-refractivity contribution < 1.29 is 8.42 Å². The Bertz CT molecular complexity index is 698. The van der Waals surface area contributed by atoms with Gasteiger partial charge in [0.15, 0.2) is 9.84 Å². The second kappa shape index (κ2) is 4.86. The molecule has 1 aliphatic rings. The number of hydrogen-bond acceptors (Lipinski definition) is 6. The number of rotatable bonds is 3. The lowest BCUT2D eigenvalue weighted by atomic mass is 10.1. The van der Waals surface area contributed by atoms with Crippen molar-refractivity contribution in [2.45, 2.75) is 23.8 Å². The number of anilines is 1. The van der Waals surface area contributed by atoms with Crippen molar-refractivity contribution in [1.29, 1.82) is 0 Å². The number of H-pyrrole nitrogens is 1. The molecule has 2 aromatic heterocycles. The van der Waals surface area contributed by atoms with Crippen LogP contribution in [0.1, 0.15) is 24.6 Å². The molecule has 8 heteroatoms. The van der Waals surface area contributed by atoms with Crippen LogP contribution in [0.2, 0.25) is 0 Å². The van der Waals surface area contributed by atoms with Crippen LogP contribution in [0.5, 0.6) is 0 Å². The highest BCUT2D eigenvalue weighted by Crippen LogP contribution is 2.36. The zero-order valence-corrected chi connectivity index (χ0v) is 11.8. The molecule has 0 aliphatic carbocycles. The van der Waals surface area contributed by atoms with Gasteiger partial charge in [-0.25, -0.2) is 13.4 Å². The molecule has 0 aromatic carbocycles. The van der Waals surface area contributed by atoms with Crippen LogP contribution in [0, 0.1) is 0 Å². The van der Waals surface area contributed by atoms with E-state index in [9.17, 15) is 8.42 Å². The van der Waals surface area contributed by atoms with Crippen LogP contribution >= 0.6 is 0 Å². The monoisotopic (exact) mass is 293 g/mol. The molecular weight excluding hydrogens is 278 g/mol. The second-order valence-electron chi connectivity index (χ2n) is 4.84. The van der Waals surface area contributed by atoms with Crippen molar-refractivity contribution in [2.75, 3.05) is 17.7 Å². The number of aromatic nitrogens is 4. The van der Waals surface area contributed by atoms with Crippen molar-refractivity contribution in [3.05, 3.63) is 30.5 Å². The minimum Gasteiger partial charge on any atom is -0.347 e. The van der Waals surface area contributed by atoms with Crippen LogP contribution in [0.3, 0.4) is 0 Å². The van der Waals surface area contributed by atoms with Gasteiger partial charge in [-0.1, -0.05) is 0 Å². The van der Waals surface area contributed by atoms with Crippen molar-refractivity contribution in [2.24, 2.45) is 0 Å². The molecule has 0 amide bonds. The Balaban J connectivity index is 2.00. The number of sulfone groups is 1. The first-order chi connectivity index (χ1) is 9.57. The zero-order valence-electron chi connectivity index (χ0n) is 11.0. The molecule has 106 valence electrons. The van der Waals surface area contributed by atoms with E-state index in [4.69, 9.17) is 0 Å². The highest BCUT2D eigenvalue weighted by molar-refractivity contribution is 7.90. The van der Waals surface area contributed by atoms with Gasteiger partial charge in [0, 0.05) is 25.2 Å². The predicted octanol–water partition coefficient (Wildman–Crippen LogP) is 0.945. The predicted molar refractivity (Wildman–Crippen MR) is 73.1 cm³/mol. The largest absolute Gasteiger partial charge is 0.347 e. The van der Waals surface area contributed by atoms with Gasteiger partial charge in [-0.2, -0.15) is 5.10 Å². The molecule has 3 heterocycles. The molecule has 2 aromatic rings. The molecular formula is C12H15N5O2S. The minimum atomic E-state index is -3.29. The van der Waals surface area contributed by atoms with Crippen molar-refractivity contribution in [1.82, 2.24) is 20.2 Å². The van der Waals surface area contributed by atoms with Crippen molar-refractivity contribution >= 4 is 15.7 Å². The molecule has 1 N–H and O–H groups in total. The summed E-state index contributed by atoms with van der Waals surface area (Å²) in [6.45, 7) is 0.825. The Morgan fingerprint density at radius 2 is 2.20 bits per heavy atom. The molecule has 1 fully saturated rings. The van der Waals surface area contributed by atoms with E-state index in [0.29, 0.717) is 5.69 Å². The first-order valence-corrected chi connectivity index (χ1v) is 8.22. The van der Waals surface area contributed by atoms with Crippen LogP contribution < -0.4 is 4.90 Å². The fourth-order valence-electron chi connectivity index (χ4n) is 2.60. The van der Waals surface area contributed by atoms with Gasteiger partial charge < -0.3 is 4.90 Å². The lowest BCUT2D eigenvalue weighted by molar-refractivity contribution is 0.596. The van der Waals surface area contributed by atoms with Gasteiger partial charge in [0.05, 0.1) is 24.1 Å². The van der Waals surface area contributed by atoms with Gasteiger partial charge in [-0.3, -0.25) is 10.1 Å². The van der Waals surface area contributed by atoms with E-state index in [-0.39, 0.29) is 10.9 Å². The Hall–Kier alpha value is -1.96. The van der Waals surface area contributed by atoms with Crippen LogP contribution in [0.25, 0.3) is 0 Å². The molecule has 7 nitrogen and oxygen atoms in total. The maximum atomic E-state index is 11.8. The number of nitrogens with one attached hydrogen (secondary N) is 1. The summed E-state index contributed by atoms with van der Waals surface area (Å²) in [5.41, 5.74) is 0.635. The lowest BCUT2D eigenvalue weighted by Crippen LogP contribution is -2.25. The molecule has 1 atom stereocenters. The van der Waals surface area contributed by atoms with E-state index in [1.807, 2.05) is 0 Å². The summed E-state index contributed by atoms with van der Waals surface area (Å²) in [6, 6.07) is -0.0566. The average molecular weight is 293 g/mol. The Morgan fingerprint density at radius 1 is 1.35 bits per heavy atom. The molecule has 1 saturated heterocycles. The Labute approximate surface area is 117 Å². The fraction of sp³-hybridized carbons (Fsp3) is 0.417. The quantitative estimate of drug-likeness (QED) is 0.905. The molecule has 3 rings (SSSR count). The first-order valence-electron chi connectivity index (χ1n) is 6.33. The zero-order chi connectivity index (χ0) is 14.2. The highest BCUT2D eigenvalue weighted by atomic mass is 32.2.